The van der Waals surface area contributed by atoms with Crippen LogP contribution in [0.1, 0.15) is 91.5 Å². The molecule has 0 amide bonds. The van der Waals surface area contributed by atoms with E-state index in [1.165, 1.54) is 12.1 Å². The molecule has 0 radical (unpaired) electrons. The second kappa shape index (κ2) is 30.4. The molecule has 0 aliphatic heterocycles. The van der Waals surface area contributed by atoms with Crippen molar-refractivity contribution in [3.05, 3.63) is 95.6 Å². The molecule has 3 aromatic rings. The Morgan fingerprint density at radius 1 is 0.492 bits per heavy atom. The van der Waals surface area contributed by atoms with Crippen molar-refractivity contribution < 1.29 is 66.5 Å². The number of carbonyl (C=O) groups excluding carboxylic acids is 3. The molecule has 1 saturated carbocycles. The van der Waals surface area contributed by atoms with Gasteiger partial charge in [-0.05, 0) is 144 Å². The predicted molar refractivity (Wildman–Crippen MR) is 243 cm³/mol. The molecule has 0 saturated heterocycles. The first-order valence-electron chi connectivity index (χ1n) is 23.3. The standard InChI is InChI=1S/C51H68O14/c1-3-55-27-29-59-33-31-57-23-7-5-9-25-61-44-17-13-40(14-18-44)49(52)64-46-21-22-48(43(37-46)38-63-51(54)47-36-39-11-12-42(47)35-39)65-50(53)41-15-19-45(20-16-41)62-26-10-6-8-24-58-32-34-60-30-28-56-4-2/h11-22,37,39,42,47H,3-10,23-36,38H2,1-2H3. The van der Waals surface area contributed by atoms with E-state index in [0.29, 0.717) is 127 Å². The van der Waals surface area contributed by atoms with Crippen LogP contribution in [-0.2, 0) is 44.6 Å². The number of esters is 3. The van der Waals surface area contributed by atoms with E-state index in [0.717, 1.165) is 51.4 Å². The molecule has 1 fully saturated rings. The zero-order valence-corrected chi connectivity index (χ0v) is 38.2. The summed E-state index contributed by atoms with van der Waals surface area (Å²) >= 11 is 0. The summed E-state index contributed by atoms with van der Waals surface area (Å²) < 4.78 is 61.7. The normalized spacial score (nSPS) is 16.1. The first-order chi connectivity index (χ1) is 31.9. The first kappa shape index (κ1) is 51.2. The molecule has 3 aromatic carbocycles. The van der Waals surface area contributed by atoms with Crippen molar-refractivity contribution in [2.45, 2.75) is 71.8 Å². The lowest BCUT2D eigenvalue weighted by molar-refractivity contribution is -0.150. The maximum Gasteiger partial charge on any atom is 0.343 e. The van der Waals surface area contributed by atoms with E-state index in [1.54, 1.807) is 54.6 Å². The van der Waals surface area contributed by atoms with Gasteiger partial charge in [0.2, 0.25) is 0 Å². The number of allylic oxidation sites excluding steroid dienone is 2. The van der Waals surface area contributed by atoms with Crippen LogP contribution in [0.5, 0.6) is 23.0 Å². The summed E-state index contributed by atoms with van der Waals surface area (Å²) in [5.74, 6) is 0.537. The molecule has 356 valence electrons. The quantitative estimate of drug-likeness (QED) is 0.0240. The van der Waals surface area contributed by atoms with Gasteiger partial charge < -0.3 is 52.1 Å². The van der Waals surface area contributed by atoms with Gasteiger partial charge in [-0.1, -0.05) is 12.2 Å². The van der Waals surface area contributed by atoms with Crippen molar-refractivity contribution in [2.75, 3.05) is 92.5 Å². The molecule has 0 spiro atoms. The van der Waals surface area contributed by atoms with E-state index < -0.39 is 11.9 Å². The minimum Gasteiger partial charge on any atom is -0.494 e. The first-order valence-corrected chi connectivity index (χ1v) is 23.3. The highest BCUT2D eigenvalue weighted by Gasteiger charge is 2.40. The van der Waals surface area contributed by atoms with E-state index >= 15 is 0 Å². The summed E-state index contributed by atoms with van der Waals surface area (Å²) in [6, 6.07) is 18.1. The second-order valence-electron chi connectivity index (χ2n) is 15.8. The molecule has 14 nitrogen and oxygen atoms in total. The summed E-state index contributed by atoms with van der Waals surface area (Å²) in [6.45, 7) is 12.1. The highest BCUT2D eigenvalue weighted by molar-refractivity contribution is 5.92. The van der Waals surface area contributed by atoms with E-state index in [1.807, 2.05) is 13.8 Å². The molecule has 5 rings (SSSR count). The molecule has 0 aromatic heterocycles. The number of unbranched alkanes of at least 4 members (excludes halogenated alkanes) is 4. The second-order valence-corrected chi connectivity index (χ2v) is 15.8. The molecular weight excluding hydrogens is 837 g/mol. The van der Waals surface area contributed by atoms with Crippen LogP contribution in [-0.4, -0.2) is 110 Å². The average molecular weight is 905 g/mol. The molecule has 65 heavy (non-hydrogen) atoms. The molecule has 14 heteroatoms. The number of benzene rings is 3. The van der Waals surface area contributed by atoms with Gasteiger partial charge in [-0.25, -0.2) is 9.59 Å². The lowest BCUT2D eigenvalue weighted by Gasteiger charge is -2.18. The van der Waals surface area contributed by atoms with Crippen molar-refractivity contribution in [1.82, 2.24) is 0 Å². The van der Waals surface area contributed by atoms with E-state index in [9.17, 15) is 14.4 Å². The van der Waals surface area contributed by atoms with Crippen LogP contribution in [0.3, 0.4) is 0 Å². The van der Waals surface area contributed by atoms with Crippen molar-refractivity contribution in [3.63, 3.8) is 0 Å². The predicted octanol–water partition coefficient (Wildman–Crippen LogP) is 8.62. The lowest BCUT2D eigenvalue weighted by atomic mass is 9.94. The van der Waals surface area contributed by atoms with Gasteiger partial charge in [-0.15, -0.1) is 0 Å². The third-order valence-electron chi connectivity index (χ3n) is 10.9. The largest absolute Gasteiger partial charge is 0.494 e. The summed E-state index contributed by atoms with van der Waals surface area (Å²) in [6.07, 6.45) is 11.5. The molecule has 2 aliphatic rings. The van der Waals surface area contributed by atoms with E-state index in [4.69, 9.17) is 52.1 Å². The number of hydrogen-bond donors (Lipinski definition) is 0. The summed E-state index contributed by atoms with van der Waals surface area (Å²) in [4.78, 5) is 39.7. The molecule has 2 aliphatic carbocycles. The summed E-state index contributed by atoms with van der Waals surface area (Å²) in [5, 5.41) is 0. The van der Waals surface area contributed by atoms with Gasteiger partial charge >= 0.3 is 17.9 Å². The molecule has 3 unspecified atom stereocenters. The Morgan fingerprint density at radius 3 is 1.46 bits per heavy atom. The number of hydrogen-bond acceptors (Lipinski definition) is 14. The van der Waals surface area contributed by atoms with Crippen molar-refractivity contribution >= 4 is 17.9 Å². The van der Waals surface area contributed by atoms with Crippen LogP contribution < -0.4 is 18.9 Å². The fraction of sp³-hybridized carbons (Fsp3) is 0.549. The highest BCUT2D eigenvalue weighted by Crippen LogP contribution is 2.44. The zero-order valence-electron chi connectivity index (χ0n) is 38.2. The number of fused-ring (bicyclic) bond motifs is 2. The number of carbonyl (C=O) groups is 3. The smallest absolute Gasteiger partial charge is 0.343 e. The van der Waals surface area contributed by atoms with Gasteiger partial charge in [0.15, 0.2) is 0 Å². The minimum atomic E-state index is -0.603. The van der Waals surface area contributed by atoms with Crippen LogP contribution in [0.15, 0.2) is 78.9 Å². The third-order valence-corrected chi connectivity index (χ3v) is 10.9. The van der Waals surface area contributed by atoms with Crippen LogP contribution in [0.25, 0.3) is 0 Å². The summed E-state index contributed by atoms with van der Waals surface area (Å²) in [7, 11) is 0. The Morgan fingerprint density at radius 2 is 0.969 bits per heavy atom. The molecule has 0 heterocycles. The van der Waals surface area contributed by atoms with Gasteiger partial charge in [0.25, 0.3) is 0 Å². The topological polar surface area (TPSA) is 153 Å². The fourth-order valence-electron chi connectivity index (χ4n) is 7.35. The van der Waals surface area contributed by atoms with Gasteiger partial charge in [0, 0.05) is 32.0 Å². The number of rotatable bonds is 35. The Labute approximate surface area is 384 Å². The molecule has 2 bridgehead atoms. The zero-order chi connectivity index (χ0) is 45.7. The molecule has 0 N–H and O–H groups in total. The lowest BCUT2D eigenvalue weighted by Crippen LogP contribution is -2.21. The SMILES string of the molecule is CCOCCOCCOCCCCCOc1ccc(C(=O)Oc2ccc(OC(=O)c3ccc(OCCCCCOCCOCCOCC)cc3)c(COC(=O)C3CC4C=CC3C4)c2)cc1. The average Bonchev–Trinajstić information content (AvgIpc) is 3.97. The Balaban J connectivity index is 1.05. The number of ether oxygens (including phenoxy) is 11. The van der Waals surface area contributed by atoms with Gasteiger partial charge in [-0.2, -0.15) is 0 Å². The van der Waals surface area contributed by atoms with Crippen LogP contribution >= 0.6 is 0 Å². The minimum absolute atomic E-state index is 0.171. The van der Waals surface area contributed by atoms with Crippen LogP contribution in [0, 0.1) is 17.8 Å². The Bertz CT molecular complexity index is 1850. The van der Waals surface area contributed by atoms with Crippen molar-refractivity contribution in [2.24, 2.45) is 17.8 Å². The maximum absolute atomic E-state index is 13.3. The van der Waals surface area contributed by atoms with Crippen molar-refractivity contribution in [1.29, 1.82) is 0 Å². The Hall–Kier alpha value is -4.83. The van der Waals surface area contributed by atoms with Crippen LogP contribution in [0.4, 0.5) is 0 Å². The monoisotopic (exact) mass is 904 g/mol. The van der Waals surface area contributed by atoms with E-state index in [2.05, 4.69) is 12.2 Å². The van der Waals surface area contributed by atoms with Crippen molar-refractivity contribution in [3.8, 4) is 23.0 Å². The third kappa shape index (κ3) is 19.3. The van der Waals surface area contributed by atoms with Gasteiger partial charge in [0.05, 0.1) is 83.1 Å². The fourth-order valence-corrected chi connectivity index (χ4v) is 7.35. The Kier molecular flexibility index (Phi) is 23.9. The molecular formula is C51H68O14. The van der Waals surface area contributed by atoms with Gasteiger partial charge in [0.1, 0.15) is 29.6 Å². The van der Waals surface area contributed by atoms with Crippen LogP contribution in [0.2, 0.25) is 0 Å². The van der Waals surface area contributed by atoms with E-state index in [-0.39, 0.29) is 35.9 Å². The molecule has 3 atom stereocenters. The maximum atomic E-state index is 13.3. The van der Waals surface area contributed by atoms with Gasteiger partial charge in [-0.3, -0.25) is 4.79 Å². The highest BCUT2D eigenvalue weighted by atomic mass is 16.6. The summed E-state index contributed by atoms with van der Waals surface area (Å²) in [5.41, 5.74) is 1.02.